The predicted octanol–water partition coefficient (Wildman–Crippen LogP) is 2.80. The Bertz CT molecular complexity index is 207. The van der Waals surface area contributed by atoms with Crippen molar-refractivity contribution in [1.82, 2.24) is 4.90 Å². The van der Waals surface area contributed by atoms with Gasteiger partial charge in [-0.05, 0) is 31.7 Å². The molecule has 0 amide bonds. The van der Waals surface area contributed by atoms with Crippen molar-refractivity contribution in [2.24, 2.45) is 5.92 Å². The van der Waals surface area contributed by atoms with E-state index >= 15 is 0 Å². The summed E-state index contributed by atoms with van der Waals surface area (Å²) in [5, 5.41) is 10.3. The summed E-state index contributed by atoms with van der Waals surface area (Å²) in [7, 11) is 0. The quantitative estimate of drug-likeness (QED) is 0.781. The first-order valence-corrected chi connectivity index (χ1v) is 7.23. The molecule has 1 saturated heterocycles. The SMILES string of the molecule is CCC1CCN(C2CCCCCCC2O)C1. The maximum atomic E-state index is 10.3. The molecule has 3 unspecified atom stereocenters. The van der Waals surface area contributed by atoms with Crippen LogP contribution >= 0.6 is 0 Å². The number of hydrogen-bond acceptors (Lipinski definition) is 2. The molecule has 16 heavy (non-hydrogen) atoms. The van der Waals surface area contributed by atoms with E-state index < -0.39 is 0 Å². The highest BCUT2D eigenvalue weighted by molar-refractivity contribution is 4.86. The summed E-state index contributed by atoms with van der Waals surface area (Å²) in [4.78, 5) is 2.57. The lowest BCUT2D eigenvalue weighted by molar-refractivity contribution is 0.0412. The van der Waals surface area contributed by atoms with Gasteiger partial charge >= 0.3 is 0 Å². The molecule has 1 aliphatic carbocycles. The monoisotopic (exact) mass is 225 g/mol. The highest BCUT2D eigenvalue weighted by Gasteiger charge is 2.31. The van der Waals surface area contributed by atoms with E-state index in [2.05, 4.69) is 11.8 Å². The number of hydrogen-bond donors (Lipinski definition) is 1. The lowest BCUT2D eigenvalue weighted by Crippen LogP contribution is -2.43. The van der Waals surface area contributed by atoms with Crippen LogP contribution in [0.1, 0.15) is 58.3 Å². The summed E-state index contributed by atoms with van der Waals surface area (Å²) in [6, 6.07) is 0.469. The van der Waals surface area contributed by atoms with Gasteiger partial charge in [0.25, 0.3) is 0 Å². The van der Waals surface area contributed by atoms with Crippen molar-refractivity contribution in [3.63, 3.8) is 0 Å². The molecule has 94 valence electrons. The molecule has 0 radical (unpaired) electrons. The van der Waals surface area contributed by atoms with Gasteiger partial charge in [-0.1, -0.05) is 39.0 Å². The molecule has 1 saturated carbocycles. The van der Waals surface area contributed by atoms with E-state index in [0.717, 1.165) is 12.3 Å². The smallest absolute Gasteiger partial charge is 0.0695 e. The fourth-order valence-electron chi connectivity index (χ4n) is 3.37. The summed E-state index contributed by atoms with van der Waals surface area (Å²) in [5.74, 6) is 0.887. The molecule has 1 aliphatic heterocycles. The topological polar surface area (TPSA) is 23.5 Å². The Balaban J connectivity index is 1.89. The van der Waals surface area contributed by atoms with Crippen LogP contribution in [0.25, 0.3) is 0 Å². The van der Waals surface area contributed by atoms with Gasteiger partial charge in [-0.15, -0.1) is 0 Å². The zero-order valence-electron chi connectivity index (χ0n) is 10.7. The minimum Gasteiger partial charge on any atom is -0.391 e. The van der Waals surface area contributed by atoms with Gasteiger partial charge in [0.1, 0.15) is 0 Å². The van der Waals surface area contributed by atoms with Crippen LogP contribution in [0.4, 0.5) is 0 Å². The van der Waals surface area contributed by atoms with Crippen LogP contribution in [-0.2, 0) is 0 Å². The molecular weight excluding hydrogens is 198 g/mol. The van der Waals surface area contributed by atoms with E-state index in [0.29, 0.717) is 6.04 Å². The van der Waals surface area contributed by atoms with Crippen molar-refractivity contribution < 1.29 is 5.11 Å². The lowest BCUT2D eigenvalue weighted by atomic mass is 9.93. The molecule has 0 aromatic rings. The second-order valence-corrected chi connectivity index (χ2v) is 5.68. The number of aliphatic hydroxyl groups excluding tert-OH is 1. The van der Waals surface area contributed by atoms with Crippen molar-refractivity contribution in [3.8, 4) is 0 Å². The molecule has 0 aromatic heterocycles. The fraction of sp³-hybridized carbons (Fsp3) is 1.00. The molecule has 0 spiro atoms. The molecule has 2 rings (SSSR count). The molecule has 1 N–H and O–H groups in total. The van der Waals surface area contributed by atoms with E-state index in [1.54, 1.807) is 0 Å². The Kier molecular flexibility index (Phi) is 4.66. The van der Waals surface area contributed by atoms with Crippen molar-refractivity contribution in [3.05, 3.63) is 0 Å². The molecule has 3 atom stereocenters. The van der Waals surface area contributed by atoms with Gasteiger partial charge in [0.15, 0.2) is 0 Å². The lowest BCUT2D eigenvalue weighted by Gasteiger charge is -2.33. The van der Waals surface area contributed by atoms with Crippen LogP contribution in [0.5, 0.6) is 0 Å². The first-order chi connectivity index (χ1) is 7.81. The normalized spacial score (nSPS) is 38.2. The first-order valence-electron chi connectivity index (χ1n) is 7.23. The summed E-state index contributed by atoms with van der Waals surface area (Å²) in [5.41, 5.74) is 0. The number of rotatable bonds is 2. The van der Waals surface area contributed by atoms with Gasteiger partial charge in [-0.2, -0.15) is 0 Å². The summed E-state index contributed by atoms with van der Waals surface area (Å²) in [6.07, 6.45) is 10.1. The summed E-state index contributed by atoms with van der Waals surface area (Å²) >= 11 is 0. The molecular formula is C14H27NO. The minimum atomic E-state index is -0.0593. The van der Waals surface area contributed by atoms with Gasteiger partial charge in [-0.25, -0.2) is 0 Å². The molecule has 2 heteroatoms. The molecule has 2 aliphatic rings. The second kappa shape index (κ2) is 6.02. The number of nitrogens with zero attached hydrogens (tertiary/aromatic N) is 1. The van der Waals surface area contributed by atoms with Crippen LogP contribution in [0.2, 0.25) is 0 Å². The number of aliphatic hydroxyl groups is 1. The fourth-order valence-corrected chi connectivity index (χ4v) is 3.37. The maximum Gasteiger partial charge on any atom is 0.0695 e. The van der Waals surface area contributed by atoms with E-state index in [1.807, 2.05) is 0 Å². The summed E-state index contributed by atoms with van der Waals surface area (Å²) < 4.78 is 0. The second-order valence-electron chi connectivity index (χ2n) is 5.68. The predicted molar refractivity (Wildman–Crippen MR) is 67.5 cm³/mol. The van der Waals surface area contributed by atoms with E-state index in [4.69, 9.17) is 0 Å². The Hall–Kier alpha value is -0.0800. The van der Waals surface area contributed by atoms with Crippen molar-refractivity contribution in [1.29, 1.82) is 0 Å². The van der Waals surface area contributed by atoms with E-state index in [1.165, 1.54) is 58.0 Å². The highest BCUT2D eigenvalue weighted by atomic mass is 16.3. The van der Waals surface area contributed by atoms with Crippen molar-refractivity contribution in [2.45, 2.75) is 70.4 Å². The molecule has 2 nitrogen and oxygen atoms in total. The Morgan fingerprint density at radius 2 is 1.81 bits per heavy atom. The highest BCUT2D eigenvalue weighted by Crippen LogP contribution is 2.28. The largest absolute Gasteiger partial charge is 0.391 e. The molecule has 0 bridgehead atoms. The Morgan fingerprint density at radius 1 is 1.06 bits per heavy atom. The van der Waals surface area contributed by atoms with Crippen molar-refractivity contribution in [2.75, 3.05) is 13.1 Å². The third-order valence-corrected chi connectivity index (χ3v) is 4.56. The minimum absolute atomic E-state index is 0.0593. The Morgan fingerprint density at radius 3 is 2.50 bits per heavy atom. The Labute approximate surface area is 100 Å². The van der Waals surface area contributed by atoms with Crippen LogP contribution < -0.4 is 0 Å². The van der Waals surface area contributed by atoms with Crippen LogP contribution in [-0.4, -0.2) is 35.2 Å². The zero-order chi connectivity index (χ0) is 11.4. The van der Waals surface area contributed by atoms with Gasteiger partial charge < -0.3 is 5.11 Å². The molecule has 1 heterocycles. The zero-order valence-corrected chi connectivity index (χ0v) is 10.7. The van der Waals surface area contributed by atoms with Crippen LogP contribution in [0, 0.1) is 5.92 Å². The van der Waals surface area contributed by atoms with E-state index in [9.17, 15) is 5.11 Å². The molecule has 2 fully saturated rings. The van der Waals surface area contributed by atoms with Gasteiger partial charge in [0.05, 0.1) is 6.10 Å². The van der Waals surface area contributed by atoms with Gasteiger partial charge in [0.2, 0.25) is 0 Å². The average Bonchev–Trinajstić information content (AvgIpc) is 2.72. The number of likely N-dealkylation sites (tertiary alicyclic amines) is 1. The third kappa shape index (κ3) is 2.98. The van der Waals surface area contributed by atoms with Gasteiger partial charge in [-0.3, -0.25) is 4.90 Å². The molecule has 0 aromatic carbocycles. The summed E-state index contributed by atoms with van der Waals surface area (Å²) in [6.45, 7) is 4.75. The first kappa shape index (κ1) is 12.4. The van der Waals surface area contributed by atoms with Crippen LogP contribution in [0.3, 0.4) is 0 Å². The van der Waals surface area contributed by atoms with Crippen molar-refractivity contribution >= 4 is 0 Å². The standard InChI is InChI=1S/C14H27NO/c1-2-12-9-10-15(11-12)13-7-5-3-4-6-8-14(13)16/h12-14,16H,2-11H2,1H3. The maximum absolute atomic E-state index is 10.3. The average molecular weight is 225 g/mol. The van der Waals surface area contributed by atoms with Crippen LogP contribution in [0.15, 0.2) is 0 Å². The van der Waals surface area contributed by atoms with E-state index in [-0.39, 0.29) is 6.10 Å². The van der Waals surface area contributed by atoms with Gasteiger partial charge in [0, 0.05) is 12.6 Å². The third-order valence-electron chi connectivity index (χ3n) is 4.56.